The highest BCUT2D eigenvalue weighted by atomic mass is 79.9. The van der Waals surface area contributed by atoms with Gasteiger partial charge in [0.25, 0.3) is 0 Å². The van der Waals surface area contributed by atoms with E-state index < -0.39 is 17.8 Å². The summed E-state index contributed by atoms with van der Waals surface area (Å²) in [5.41, 5.74) is 1.47. The van der Waals surface area contributed by atoms with Crippen molar-refractivity contribution in [2.45, 2.75) is 26.7 Å². The Morgan fingerprint density at radius 3 is 2.57 bits per heavy atom. The molecule has 1 saturated carbocycles. The Balaban J connectivity index is 2.18. The van der Waals surface area contributed by atoms with Gasteiger partial charge in [0, 0.05) is 9.50 Å². The van der Waals surface area contributed by atoms with Crippen molar-refractivity contribution >= 4 is 45.1 Å². The monoisotopic (exact) mass is 373 g/mol. The number of rotatable bonds is 3. The maximum atomic E-state index is 12.4. The van der Waals surface area contributed by atoms with E-state index in [1.165, 1.54) is 0 Å². The first-order valence-corrected chi connectivity index (χ1v) is 7.96. The Bertz CT molecular complexity index is 591. The van der Waals surface area contributed by atoms with Crippen molar-refractivity contribution in [1.29, 1.82) is 0 Å². The Kier molecular flexibility index (Phi) is 4.94. The van der Waals surface area contributed by atoms with E-state index in [0.29, 0.717) is 23.6 Å². The van der Waals surface area contributed by atoms with E-state index >= 15 is 0 Å². The molecule has 1 aliphatic carbocycles. The number of amides is 1. The van der Waals surface area contributed by atoms with Crippen LogP contribution in [0.4, 0.5) is 5.69 Å². The maximum Gasteiger partial charge on any atom is 0.307 e. The predicted octanol–water partition coefficient (Wildman–Crippen LogP) is 4.10. The van der Waals surface area contributed by atoms with E-state index in [9.17, 15) is 14.7 Å². The highest BCUT2D eigenvalue weighted by Crippen LogP contribution is 2.38. The first-order chi connectivity index (χ1) is 9.79. The molecule has 21 heavy (non-hydrogen) atoms. The van der Waals surface area contributed by atoms with Gasteiger partial charge in [0.2, 0.25) is 5.91 Å². The minimum atomic E-state index is -0.902. The van der Waals surface area contributed by atoms with Gasteiger partial charge in [0.05, 0.1) is 17.5 Å². The molecule has 0 radical (unpaired) electrons. The number of hydrogen-bond donors (Lipinski definition) is 2. The zero-order valence-electron chi connectivity index (χ0n) is 11.8. The van der Waals surface area contributed by atoms with E-state index in [1.807, 2.05) is 19.9 Å². The van der Waals surface area contributed by atoms with Crippen LogP contribution < -0.4 is 5.32 Å². The number of aliphatic carboxylic acids is 1. The van der Waals surface area contributed by atoms with Gasteiger partial charge in [-0.1, -0.05) is 18.5 Å². The van der Waals surface area contributed by atoms with Crippen LogP contribution in [0.3, 0.4) is 0 Å². The maximum absolute atomic E-state index is 12.4. The summed E-state index contributed by atoms with van der Waals surface area (Å²) in [4.78, 5) is 23.7. The third-order valence-electron chi connectivity index (χ3n) is 3.96. The molecule has 0 aromatic heterocycles. The summed E-state index contributed by atoms with van der Waals surface area (Å²) < 4.78 is 0.732. The second-order valence-electron chi connectivity index (χ2n) is 5.70. The number of carbonyl (C=O) groups excluding carboxylic acids is 1. The highest BCUT2D eigenvalue weighted by Gasteiger charge is 2.41. The van der Waals surface area contributed by atoms with Crippen LogP contribution in [0.5, 0.6) is 0 Å². The van der Waals surface area contributed by atoms with E-state index in [-0.39, 0.29) is 11.8 Å². The van der Waals surface area contributed by atoms with Gasteiger partial charge in [-0.25, -0.2) is 0 Å². The number of hydrogen-bond acceptors (Lipinski definition) is 2. The molecule has 0 bridgehead atoms. The molecule has 1 unspecified atom stereocenters. The van der Waals surface area contributed by atoms with Crippen molar-refractivity contribution in [3.8, 4) is 0 Å². The molecule has 1 amide bonds. The normalized spacial score (nSPS) is 24.9. The van der Waals surface area contributed by atoms with E-state index in [2.05, 4.69) is 21.2 Å². The van der Waals surface area contributed by atoms with Crippen LogP contribution in [0.25, 0.3) is 0 Å². The van der Waals surface area contributed by atoms with Crippen molar-refractivity contribution in [1.82, 2.24) is 0 Å². The summed E-state index contributed by atoms with van der Waals surface area (Å²) in [5.74, 6) is -2.02. The third-order valence-corrected chi connectivity index (χ3v) is 5.02. The lowest BCUT2D eigenvalue weighted by Gasteiger charge is -2.17. The lowest BCUT2D eigenvalue weighted by atomic mass is 9.95. The van der Waals surface area contributed by atoms with E-state index in [1.54, 1.807) is 6.07 Å². The second kappa shape index (κ2) is 6.36. The second-order valence-corrected chi connectivity index (χ2v) is 6.96. The van der Waals surface area contributed by atoms with Crippen LogP contribution in [0.2, 0.25) is 5.02 Å². The number of anilines is 1. The zero-order chi connectivity index (χ0) is 15.7. The van der Waals surface area contributed by atoms with Crippen LogP contribution in [-0.2, 0) is 9.59 Å². The molecule has 3 atom stereocenters. The molecule has 0 aliphatic heterocycles. The molecule has 1 aliphatic rings. The van der Waals surface area contributed by atoms with Crippen LogP contribution in [0.1, 0.15) is 25.3 Å². The van der Waals surface area contributed by atoms with E-state index in [0.717, 1.165) is 10.0 Å². The molecular formula is C15H17BrClNO3. The smallest absolute Gasteiger partial charge is 0.307 e. The standard InChI is InChI=1S/C15H17BrClNO3/c1-7-3-9(10(4-7)15(20)21)14(19)18-13-6-12(17)8(2)5-11(13)16/h5-7,9-10H,3-4H2,1-2H3,(H,18,19)(H,20,21)/t7?,9-,10+/m0/s1. The number of halogens is 2. The van der Waals surface area contributed by atoms with Crippen LogP contribution in [-0.4, -0.2) is 17.0 Å². The number of carbonyl (C=O) groups is 2. The summed E-state index contributed by atoms with van der Waals surface area (Å²) in [6, 6.07) is 3.50. The summed E-state index contributed by atoms with van der Waals surface area (Å²) in [5, 5.41) is 12.6. The third kappa shape index (κ3) is 3.58. The van der Waals surface area contributed by atoms with Gasteiger partial charge < -0.3 is 10.4 Å². The van der Waals surface area contributed by atoms with Crippen molar-refractivity contribution in [3.63, 3.8) is 0 Å². The molecular weight excluding hydrogens is 358 g/mol. The summed E-state index contributed by atoms with van der Waals surface area (Å²) in [6.07, 6.45) is 1.14. The van der Waals surface area contributed by atoms with Crippen molar-refractivity contribution in [2.24, 2.45) is 17.8 Å². The fourth-order valence-electron chi connectivity index (χ4n) is 2.82. The average Bonchev–Trinajstić information content (AvgIpc) is 2.78. The lowest BCUT2D eigenvalue weighted by molar-refractivity contribution is -0.145. The fourth-order valence-corrected chi connectivity index (χ4v) is 3.54. The number of nitrogens with one attached hydrogen (secondary N) is 1. The SMILES string of the molecule is Cc1cc(Br)c(NC(=O)[C@H]2CC(C)C[C@H]2C(=O)O)cc1Cl. The molecule has 2 N–H and O–H groups in total. The quantitative estimate of drug-likeness (QED) is 0.837. The molecule has 4 nitrogen and oxygen atoms in total. The molecule has 1 aromatic carbocycles. The van der Waals surface area contributed by atoms with Crippen molar-refractivity contribution in [3.05, 3.63) is 27.2 Å². The van der Waals surface area contributed by atoms with Gasteiger partial charge >= 0.3 is 5.97 Å². The Morgan fingerprint density at radius 1 is 1.33 bits per heavy atom. The minimum absolute atomic E-state index is 0.242. The van der Waals surface area contributed by atoms with Gasteiger partial charge in [-0.2, -0.15) is 0 Å². The predicted molar refractivity (Wildman–Crippen MR) is 85.5 cm³/mol. The van der Waals surface area contributed by atoms with Crippen LogP contribution in [0, 0.1) is 24.7 Å². The van der Waals surface area contributed by atoms with Gasteiger partial charge in [-0.3, -0.25) is 9.59 Å². The Morgan fingerprint density at radius 2 is 1.95 bits per heavy atom. The highest BCUT2D eigenvalue weighted by molar-refractivity contribution is 9.10. The molecule has 0 saturated heterocycles. The first kappa shape index (κ1) is 16.3. The average molecular weight is 375 g/mol. The van der Waals surface area contributed by atoms with Crippen LogP contribution >= 0.6 is 27.5 Å². The topological polar surface area (TPSA) is 66.4 Å². The lowest BCUT2D eigenvalue weighted by Crippen LogP contribution is -2.30. The Hall–Kier alpha value is -1.07. The summed E-state index contributed by atoms with van der Waals surface area (Å²) in [6.45, 7) is 3.85. The van der Waals surface area contributed by atoms with Gasteiger partial charge in [0.15, 0.2) is 0 Å². The molecule has 114 valence electrons. The summed E-state index contributed by atoms with van der Waals surface area (Å²) in [7, 11) is 0. The molecule has 0 spiro atoms. The molecule has 0 heterocycles. The minimum Gasteiger partial charge on any atom is -0.481 e. The molecule has 1 fully saturated rings. The number of carboxylic acids is 1. The number of benzene rings is 1. The Labute approximate surface area is 137 Å². The molecule has 6 heteroatoms. The summed E-state index contributed by atoms with van der Waals surface area (Å²) >= 11 is 9.45. The largest absolute Gasteiger partial charge is 0.481 e. The van der Waals surface area contributed by atoms with Crippen LogP contribution in [0.15, 0.2) is 16.6 Å². The van der Waals surface area contributed by atoms with Gasteiger partial charge in [0.1, 0.15) is 0 Å². The fraction of sp³-hybridized carbons (Fsp3) is 0.467. The van der Waals surface area contributed by atoms with E-state index in [4.69, 9.17) is 11.6 Å². The zero-order valence-corrected chi connectivity index (χ0v) is 14.2. The molecule has 2 rings (SSSR count). The number of aryl methyl sites for hydroxylation is 1. The van der Waals surface area contributed by atoms with Gasteiger partial charge in [-0.05, 0) is 59.3 Å². The molecule has 1 aromatic rings. The first-order valence-electron chi connectivity index (χ1n) is 6.79. The number of carboxylic acid groups (broad SMARTS) is 1. The van der Waals surface area contributed by atoms with Gasteiger partial charge in [-0.15, -0.1) is 0 Å². The van der Waals surface area contributed by atoms with Crippen molar-refractivity contribution < 1.29 is 14.7 Å². The van der Waals surface area contributed by atoms with Crippen molar-refractivity contribution in [2.75, 3.05) is 5.32 Å².